The van der Waals surface area contributed by atoms with Gasteiger partial charge < -0.3 is 9.30 Å². The van der Waals surface area contributed by atoms with Crippen molar-refractivity contribution in [3.63, 3.8) is 0 Å². The van der Waals surface area contributed by atoms with Crippen molar-refractivity contribution in [1.82, 2.24) is 9.55 Å². The number of non-ortho nitro benzene ring substituents is 1. The first kappa shape index (κ1) is 22.1. The van der Waals surface area contributed by atoms with Gasteiger partial charge in [0.1, 0.15) is 17.5 Å². The number of benzene rings is 2. The van der Waals surface area contributed by atoms with Gasteiger partial charge in [0.15, 0.2) is 0 Å². The molecule has 0 unspecified atom stereocenters. The van der Waals surface area contributed by atoms with Crippen molar-refractivity contribution >= 4 is 17.4 Å². The molecule has 0 amide bonds. The molecule has 0 spiro atoms. The molecule has 0 saturated heterocycles. The first-order chi connectivity index (χ1) is 14.5. The standard InChI is InChI=1S/C23H27N3O3S/c1-4-13-25-21(16-29-15-18-9-6-5-7-10-18)24-22(17(2)3)23(25)30-20-12-8-11-19(14-20)26(27)28/h5-12,14,17H,4,13,15-16H2,1-3H3. The molecule has 0 bridgehead atoms. The van der Waals surface area contributed by atoms with Gasteiger partial charge in [0.2, 0.25) is 0 Å². The summed E-state index contributed by atoms with van der Waals surface area (Å²) in [4.78, 5) is 16.5. The summed E-state index contributed by atoms with van der Waals surface area (Å²) in [5, 5.41) is 12.2. The van der Waals surface area contributed by atoms with Gasteiger partial charge in [-0.15, -0.1) is 0 Å². The third-order valence-electron chi connectivity index (χ3n) is 4.61. The van der Waals surface area contributed by atoms with Crippen LogP contribution in [0.4, 0.5) is 5.69 Å². The number of hydrogen-bond donors (Lipinski definition) is 0. The van der Waals surface area contributed by atoms with Gasteiger partial charge in [-0.2, -0.15) is 0 Å². The molecule has 0 N–H and O–H groups in total. The molecule has 0 saturated carbocycles. The Morgan fingerprint density at radius 2 is 1.90 bits per heavy atom. The van der Waals surface area contributed by atoms with Gasteiger partial charge in [-0.25, -0.2) is 4.98 Å². The zero-order valence-corrected chi connectivity index (χ0v) is 18.4. The minimum atomic E-state index is -0.361. The molecular formula is C23H27N3O3S. The first-order valence-electron chi connectivity index (χ1n) is 10.1. The molecule has 0 aliphatic heterocycles. The maximum Gasteiger partial charge on any atom is 0.270 e. The summed E-state index contributed by atoms with van der Waals surface area (Å²) in [6.07, 6.45) is 0.960. The van der Waals surface area contributed by atoms with Crippen LogP contribution in [0.2, 0.25) is 0 Å². The predicted molar refractivity (Wildman–Crippen MR) is 119 cm³/mol. The Morgan fingerprint density at radius 1 is 1.13 bits per heavy atom. The number of hydrogen-bond acceptors (Lipinski definition) is 5. The lowest BCUT2D eigenvalue weighted by molar-refractivity contribution is -0.385. The summed E-state index contributed by atoms with van der Waals surface area (Å²) in [7, 11) is 0. The highest BCUT2D eigenvalue weighted by molar-refractivity contribution is 7.99. The Hall–Kier alpha value is -2.64. The van der Waals surface area contributed by atoms with E-state index in [4.69, 9.17) is 9.72 Å². The number of nitrogens with zero attached hydrogens (tertiary/aromatic N) is 3. The Kier molecular flexibility index (Phi) is 7.65. The van der Waals surface area contributed by atoms with Gasteiger partial charge in [0, 0.05) is 23.6 Å². The Morgan fingerprint density at radius 3 is 2.57 bits per heavy atom. The van der Waals surface area contributed by atoms with E-state index in [0.717, 1.165) is 40.0 Å². The zero-order valence-electron chi connectivity index (χ0n) is 17.6. The highest BCUT2D eigenvalue weighted by atomic mass is 32.2. The molecular weight excluding hydrogens is 398 g/mol. The molecule has 3 rings (SSSR count). The van der Waals surface area contributed by atoms with Gasteiger partial charge in [-0.05, 0) is 24.0 Å². The topological polar surface area (TPSA) is 70.2 Å². The van der Waals surface area contributed by atoms with E-state index in [1.807, 2.05) is 36.4 Å². The molecule has 6 nitrogen and oxygen atoms in total. The maximum atomic E-state index is 11.2. The van der Waals surface area contributed by atoms with Crippen LogP contribution >= 0.6 is 11.8 Å². The van der Waals surface area contributed by atoms with Crippen LogP contribution in [0.15, 0.2) is 64.5 Å². The fourth-order valence-electron chi connectivity index (χ4n) is 3.16. The summed E-state index contributed by atoms with van der Waals surface area (Å²) < 4.78 is 8.16. The number of ether oxygens (including phenoxy) is 1. The van der Waals surface area contributed by atoms with E-state index in [2.05, 4.69) is 25.3 Å². The van der Waals surface area contributed by atoms with E-state index >= 15 is 0 Å². The quantitative estimate of drug-likeness (QED) is 0.286. The minimum Gasteiger partial charge on any atom is -0.369 e. The minimum absolute atomic E-state index is 0.0964. The fourth-order valence-corrected chi connectivity index (χ4v) is 4.40. The van der Waals surface area contributed by atoms with Crippen molar-refractivity contribution < 1.29 is 9.66 Å². The van der Waals surface area contributed by atoms with Gasteiger partial charge in [-0.1, -0.05) is 68.9 Å². The molecule has 0 fully saturated rings. The molecule has 0 aliphatic rings. The van der Waals surface area contributed by atoms with Crippen LogP contribution in [0.25, 0.3) is 0 Å². The Bertz CT molecular complexity index is 987. The average molecular weight is 426 g/mol. The lowest BCUT2D eigenvalue weighted by Crippen LogP contribution is -2.07. The molecule has 30 heavy (non-hydrogen) atoms. The molecule has 3 aromatic rings. The summed E-state index contributed by atoms with van der Waals surface area (Å²) in [5.41, 5.74) is 2.22. The van der Waals surface area contributed by atoms with Crippen LogP contribution in [-0.4, -0.2) is 14.5 Å². The molecule has 2 aromatic carbocycles. The smallest absolute Gasteiger partial charge is 0.270 e. The second kappa shape index (κ2) is 10.4. The van der Waals surface area contributed by atoms with Crippen LogP contribution in [-0.2, 0) is 24.5 Å². The van der Waals surface area contributed by atoms with E-state index < -0.39 is 0 Å². The largest absolute Gasteiger partial charge is 0.369 e. The second-order valence-electron chi connectivity index (χ2n) is 7.36. The molecule has 158 valence electrons. The number of imidazole rings is 1. The van der Waals surface area contributed by atoms with Crippen LogP contribution < -0.4 is 0 Å². The number of nitro benzene ring substituents is 1. The van der Waals surface area contributed by atoms with Crippen molar-refractivity contribution in [3.8, 4) is 0 Å². The zero-order chi connectivity index (χ0) is 21.5. The van der Waals surface area contributed by atoms with Crippen LogP contribution in [0.1, 0.15) is 50.2 Å². The molecule has 1 heterocycles. The summed E-state index contributed by atoms with van der Waals surface area (Å²) in [6, 6.07) is 16.8. The van der Waals surface area contributed by atoms with E-state index in [-0.39, 0.29) is 16.5 Å². The number of rotatable bonds is 10. The van der Waals surface area contributed by atoms with Crippen LogP contribution in [0.3, 0.4) is 0 Å². The highest BCUT2D eigenvalue weighted by Gasteiger charge is 2.21. The monoisotopic (exact) mass is 425 g/mol. The third-order valence-corrected chi connectivity index (χ3v) is 5.72. The lowest BCUT2D eigenvalue weighted by atomic mass is 10.1. The lowest BCUT2D eigenvalue weighted by Gasteiger charge is -2.12. The van der Waals surface area contributed by atoms with Crippen molar-refractivity contribution in [2.45, 2.75) is 62.8 Å². The second-order valence-corrected chi connectivity index (χ2v) is 8.42. The highest BCUT2D eigenvalue weighted by Crippen LogP contribution is 2.36. The summed E-state index contributed by atoms with van der Waals surface area (Å²) >= 11 is 1.53. The van der Waals surface area contributed by atoms with Gasteiger partial charge >= 0.3 is 0 Å². The normalized spacial score (nSPS) is 11.2. The molecule has 0 atom stereocenters. The van der Waals surface area contributed by atoms with Gasteiger partial charge in [0.05, 0.1) is 17.2 Å². The maximum absolute atomic E-state index is 11.2. The third kappa shape index (κ3) is 5.49. The number of aromatic nitrogens is 2. The Labute approximate surface area is 181 Å². The SMILES string of the molecule is CCCn1c(COCc2ccccc2)nc(C(C)C)c1Sc1cccc([N+](=O)[O-])c1. The van der Waals surface area contributed by atoms with Crippen molar-refractivity contribution in [2.24, 2.45) is 0 Å². The van der Waals surface area contributed by atoms with Crippen molar-refractivity contribution in [1.29, 1.82) is 0 Å². The van der Waals surface area contributed by atoms with E-state index in [1.54, 1.807) is 12.1 Å². The van der Waals surface area contributed by atoms with Crippen LogP contribution in [0, 0.1) is 10.1 Å². The van der Waals surface area contributed by atoms with Crippen molar-refractivity contribution in [3.05, 3.63) is 81.8 Å². The Balaban J connectivity index is 1.87. The molecule has 1 aromatic heterocycles. The average Bonchev–Trinajstić information content (AvgIpc) is 3.07. The molecule has 7 heteroatoms. The fraction of sp³-hybridized carbons (Fsp3) is 0.348. The first-order valence-corrected chi connectivity index (χ1v) is 10.9. The summed E-state index contributed by atoms with van der Waals surface area (Å²) in [6.45, 7) is 8.14. The van der Waals surface area contributed by atoms with E-state index in [9.17, 15) is 10.1 Å². The molecule has 0 radical (unpaired) electrons. The number of nitro groups is 1. The van der Waals surface area contributed by atoms with Crippen LogP contribution in [0.5, 0.6) is 0 Å². The predicted octanol–water partition coefficient (Wildman–Crippen LogP) is 6.19. The van der Waals surface area contributed by atoms with Gasteiger partial charge in [0.25, 0.3) is 5.69 Å². The van der Waals surface area contributed by atoms with E-state index in [0.29, 0.717) is 13.2 Å². The van der Waals surface area contributed by atoms with E-state index in [1.165, 1.54) is 17.8 Å². The summed E-state index contributed by atoms with van der Waals surface area (Å²) in [5.74, 6) is 1.13. The van der Waals surface area contributed by atoms with Gasteiger partial charge in [-0.3, -0.25) is 10.1 Å². The van der Waals surface area contributed by atoms with Crippen molar-refractivity contribution in [2.75, 3.05) is 0 Å². The molecule has 0 aliphatic carbocycles.